The number of carbonyl (C=O) groups excluding carboxylic acids is 1. The van der Waals surface area contributed by atoms with Crippen molar-refractivity contribution in [1.29, 1.82) is 0 Å². The monoisotopic (exact) mass is 284 g/mol. The number of carboxylic acids is 1. The van der Waals surface area contributed by atoms with Gasteiger partial charge in [-0.05, 0) is 38.0 Å². The molecule has 20 heavy (non-hydrogen) atoms. The molecule has 0 aromatic heterocycles. The summed E-state index contributed by atoms with van der Waals surface area (Å²) < 4.78 is 5.62. The second-order valence-electron chi connectivity index (χ2n) is 5.87. The van der Waals surface area contributed by atoms with Crippen LogP contribution in [0.2, 0.25) is 0 Å². The summed E-state index contributed by atoms with van der Waals surface area (Å²) in [4.78, 5) is 26.3. The molecule has 6 nitrogen and oxygen atoms in total. The molecular formula is C14H24N2O4. The van der Waals surface area contributed by atoms with E-state index in [9.17, 15) is 9.59 Å². The van der Waals surface area contributed by atoms with Crippen LogP contribution in [0.5, 0.6) is 0 Å². The van der Waals surface area contributed by atoms with E-state index >= 15 is 0 Å². The Hall–Kier alpha value is -1.30. The van der Waals surface area contributed by atoms with Crippen molar-refractivity contribution in [3.05, 3.63) is 0 Å². The Morgan fingerprint density at radius 1 is 1.20 bits per heavy atom. The highest BCUT2D eigenvalue weighted by Gasteiger charge is 2.30. The average Bonchev–Trinajstić information content (AvgIpc) is 3.21. The first-order valence-corrected chi connectivity index (χ1v) is 7.39. The van der Waals surface area contributed by atoms with E-state index in [0.29, 0.717) is 19.0 Å². The van der Waals surface area contributed by atoms with Crippen LogP contribution in [0.4, 0.5) is 4.79 Å². The smallest absolute Gasteiger partial charge is 0.323 e. The van der Waals surface area contributed by atoms with Crippen LogP contribution in [0, 0.1) is 5.92 Å². The van der Waals surface area contributed by atoms with E-state index in [-0.39, 0.29) is 18.7 Å². The minimum absolute atomic E-state index is 0.0882. The van der Waals surface area contributed by atoms with E-state index in [1.807, 2.05) is 0 Å². The fourth-order valence-corrected chi connectivity index (χ4v) is 2.56. The molecule has 0 aromatic carbocycles. The van der Waals surface area contributed by atoms with Crippen molar-refractivity contribution in [3.8, 4) is 0 Å². The summed E-state index contributed by atoms with van der Waals surface area (Å²) in [6.45, 7) is 1.64. The highest BCUT2D eigenvalue weighted by molar-refractivity contribution is 5.80. The Morgan fingerprint density at radius 2 is 1.95 bits per heavy atom. The van der Waals surface area contributed by atoms with Gasteiger partial charge in [-0.1, -0.05) is 0 Å². The maximum Gasteiger partial charge on any atom is 0.323 e. The number of aliphatic carboxylic acids is 1. The number of hydrogen-bond acceptors (Lipinski definition) is 3. The number of ether oxygens (including phenoxy) is 1. The van der Waals surface area contributed by atoms with Gasteiger partial charge < -0.3 is 19.6 Å². The molecule has 1 aliphatic carbocycles. The predicted octanol–water partition coefficient (Wildman–Crippen LogP) is 1.40. The molecule has 0 bridgehead atoms. The summed E-state index contributed by atoms with van der Waals surface area (Å²) in [6.07, 6.45) is 5.47. The Balaban J connectivity index is 1.85. The molecule has 1 N–H and O–H groups in total. The first kappa shape index (κ1) is 15.1. The van der Waals surface area contributed by atoms with Crippen molar-refractivity contribution in [1.82, 2.24) is 9.80 Å². The molecule has 2 rings (SSSR count). The summed E-state index contributed by atoms with van der Waals surface area (Å²) in [5.41, 5.74) is 0. The lowest BCUT2D eigenvalue weighted by atomic mass is 10.1. The van der Waals surface area contributed by atoms with Gasteiger partial charge in [-0.15, -0.1) is 0 Å². The summed E-state index contributed by atoms with van der Waals surface area (Å²) in [5.74, 6) is -0.473. The number of urea groups is 1. The third kappa shape index (κ3) is 4.67. The van der Waals surface area contributed by atoms with E-state index in [0.717, 1.165) is 38.7 Å². The van der Waals surface area contributed by atoms with Gasteiger partial charge >= 0.3 is 12.0 Å². The third-order valence-corrected chi connectivity index (χ3v) is 3.85. The first-order valence-electron chi connectivity index (χ1n) is 7.39. The van der Waals surface area contributed by atoms with Crippen LogP contribution in [0.15, 0.2) is 0 Å². The van der Waals surface area contributed by atoms with Crippen LogP contribution in [0.25, 0.3) is 0 Å². The third-order valence-electron chi connectivity index (χ3n) is 3.85. The standard InChI is InChI=1S/C14H24N2O4/c1-15(9-12-4-2-3-7-20-12)14(19)16(10-13(17)18)8-11-5-6-11/h11-12H,2-10H2,1H3,(H,17,18). The maximum atomic E-state index is 12.3. The molecular weight excluding hydrogens is 260 g/mol. The number of carbonyl (C=O) groups is 2. The largest absolute Gasteiger partial charge is 0.480 e. The zero-order valence-corrected chi connectivity index (χ0v) is 12.1. The molecule has 1 unspecified atom stereocenters. The molecule has 114 valence electrons. The van der Waals surface area contributed by atoms with Crippen LogP contribution in [-0.4, -0.2) is 66.3 Å². The van der Waals surface area contributed by atoms with Gasteiger partial charge in [-0.3, -0.25) is 4.79 Å². The molecule has 2 aliphatic rings. The lowest BCUT2D eigenvalue weighted by molar-refractivity contribution is -0.137. The lowest BCUT2D eigenvalue weighted by Crippen LogP contribution is -2.47. The van der Waals surface area contributed by atoms with Gasteiger partial charge in [-0.25, -0.2) is 4.79 Å². The summed E-state index contributed by atoms with van der Waals surface area (Å²) >= 11 is 0. The van der Waals surface area contributed by atoms with Crippen molar-refractivity contribution in [3.63, 3.8) is 0 Å². The molecule has 1 heterocycles. The van der Waals surface area contributed by atoms with Crippen molar-refractivity contribution in [2.75, 3.05) is 33.3 Å². The topological polar surface area (TPSA) is 70.1 Å². The van der Waals surface area contributed by atoms with Gasteiger partial charge in [-0.2, -0.15) is 0 Å². The normalized spacial score (nSPS) is 22.4. The fourth-order valence-electron chi connectivity index (χ4n) is 2.56. The van der Waals surface area contributed by atoms with Crippen molar-refractivity contribution in [2.45, 2.75) is 38.2 Å². The highest BCUT2D eigenvalue weighted by Crippen LogP contribution is 2.30. The molecule has 1 atom stereocenters. The van der Waals surface area contributed by atoms with Gasteiger partial charge in [0.1, 0.15) is 6.54 Å². The Kier molecular flexibility index (Phi) is 5.23. The molecule has 6 heteroatoms. The summed E-state index contributed by atoms with van der Waals surface area (Å²) in [5, 5.41) is 8.93. The minimum Gasteiger partial charge on any atom is -0.480 e. The van der Waals surface area contributed by atoms with Crippen molar-refractivity contribution < 1.29 is 19.4 Å². The number of hydrogen-bond donors (Lipinski definition) is 1. The molecule has 2 amide bonds. The van der Waals surface area contributed by atoms with Crippen LogP contribution in [0.3, 0.4) is 0 Å². The maximum absolute atomic E-state index is 12.3. The Morgan fingerprint density at radius 3 is 2.50 bits per heavy atom. The molecule has 1 aliphatic heterocycles. The molecule has 1 saturated carbocycles. The quantitative estimate of drug-likeness (QED) is 0.800. The molecule has 0 aromatic rings. The van der Waals surface area contributed by atoms with Gasteiger partial charge in [0.15, 0.2) is 0 Å². The van der Waals surface area contributed by atoms with Gasteiger partial charge in [0.2, 0.25) is 0 Å². The summed E-state index contributed by atoms with van der Waals surface area (Å²) in [6, 6.07) is -0.200. The van der Waals surface area contributed by atoms with Crippen LogP contribution in [0.1, 0.15) is 32.1 Å². The number of nitrogens with zero attached hydrogens (tertiary/aromatic N) is 2. The molecule has 2 fully saturated rings. The lowest BCUT2D eigenvalue weighted by Gasteiger charge is -2.31. The average molecular weight is 284 g/mol. The SMILES string of the molecule is CN(CC1CCCCO1)C(=O)N(CC(=O)O)CC1CC1. The van der Waals surface area contributed by atoms with Gasteiger partial charge in [0.25, 0.3) is 0 Å². The predicted molar refractivity (Wildman–Crippen MR) is 73.5 cm³/mol. The number of likely N-dealkylation sites (N-methyl/N-ethyl adjacent to an activating group) is 1. The number of rotatable bonds is 6. The van der Waals surface area contributed by atoms with Crippen LogP contribution < -0.4 is 0 Å². The number of carboxylic acid groups (broad SMARTS) is 1. The molecule has 0 radical (unpaired) electrons. The minimum atomic E-state index is -0.957. The zero-order chi connectivity index (χ0) is 14.5. The van der Waals surface area contributed by atoms with E-state index in [1.165, 1.54) is 4.90 Å². The van der Waals surface area contributed by atoms with Gasteiger partial charge in [0, 0.05) is 26.7 Å². The van der Waals surface area contributed by atoms with Crippen molar-refractivity contribution >= 4 is 12.0 Å². The Labute approximate surface area is 119 Å². The zero-order valence-electron chi connectivity index (χ0n) is 12.1. The van der Waals surface area contributed by atoms with Crippen molar-refractivity contribution in [2.24, 2.45) is 5.92 Å². The Bertz CT molecular complexity index is 351. The highest BCUT2D eigenvalue weighted by atomic mass is 16.5. The van der Waals surface area contributed by atoms with E-state index in [2.05, 4.69) is 0 Å². The van der Waals surface area contributed by atoms with Gasteiger partial charge in [0.05, 0.1) is 6.10 Å². The van der Waals surface area contributed by atoms with Crippen LogP contribution in [-0.2, 0) is 9.53 Å². The second kappa shape index (κ2) is 6.92. The molecule has 1 saturated heterocycles. The van der Waals surface area contributed by atoms with E-state index in [1.54, 1.807) is 11.9 Å². The van der Waals surface area contributed by atoms with E-state index in [4.69, 9.17) is 9.84 Å². The summed E-state index contributed by atoms with van der Waals surface area (Å²) in [7, 11) is 1.72. The first-order chi connectivity index (χ1) is 9.56. The number of amides is 2. The fraction of sp³-hybridized carbons (Fsp3) is 0.857. The van der Waals surface area contributed by atoms with Crippen LogP contribution >= 0.6 is 0 Å². The second-order valence-corrected chi connectivity index (χ2v) is 5.87. The van der Waals surface area contributed by atoms with E-state index < -0.39 is 5.97 Å². The molecule has 0 spiro atoms.